The Morgan fingerprint density at radius 2 is 2.04 bits per heavy atom. The number of nitriles is 1. The van der Waals surface area contributed by atoms with Crippen LogP contribution in [0.5, 0.6) is 28.7 Å². The van der Waals surface area contributed by atoms with Gasteiger partial charge in [0.2, 0.25) is 5.75 Å². The third-order valence-corrected chi connectivity index (χ3v) is 4.20. The first-order valence-electron chi connectivity index (χ1n) is 7.24. The maximum Gasteiger partial charge on any atom is 0.341 e. The number of rotatable bonds is 6. The summed E-state index contributed by atoms with van der Waals surface area (Å²) in [6.45, 7) is -0.621. The molecule has 0 saturated carbocycles. The van der Waals surface area contributed by atoms with Crippen LogP contribution in [0.4, 0.5) is 0 Å². The number of aromatic nitrogens is 1. The maximum absolute atomic E-state index is 10.7. The van der Waals surface area contributed by atoms with Crippen molar-refractivity contribution in [3.63, 3.8) is 0 Å². The van der Waals surface area contributed by atoms with Crippen LogP contribution in [0.2, 0.25) is 0 Å². The van der Waals surface area contributed by atoms with Crippen molar-refractivity contribution in [1.29, 1.82) is 5.26 Å². The van der Waals surface area contributed by atoms with E-state index in [2.05, 4.69) is 4.98 Å². The molecule has 9 heteroatoms. The molecule has 0 spiro atoms. The van der Waals surface area contributed by atoms with E-state index in [1.807, 2.05) is 6.07 Å². The largest absolute Gasteiger partial charge is 0.502 e. The standard InChI is InChI=1S/C17H12N2O6S/c1-23-12-4-10(5-13(17(12)22)24-8-16(20)21)25-9-2-3-11-14(6-9)26-15(7-18)19-11/h2-6,22H,8H2,1H3,(H,20,21). The van der Waals surface area contributed by atoms with Crippen molar-refractivity contribution in [3.8, 4) is 34.8 Å². The first-order chi connectivity index (χ1) is 12.5. The summed E-state index contributed by atoms with van der Waals surface area (Å²) in [7, 11) is 1.35. The number of phenolic OH excluding ortho intramolecular Hbond substituents is 1. The number of thiazole rings is 1. The Morgan fingerprint density at radius 3 is 2.73 bits per heavy atom. The van der Waals surface area contributed by atoms with Gasteiger partial charge in [0.15, 0.2) is 23.1 Å². The second kappa shape index (κ2) is 7.16. The van der Waals surface area contributed by atoms with Gasteiger partial charge in [0.25, 0.3) is 0 Å². The minimum absolute atomic E-state index is 0.0765. The van der Waals surface area contributed by atoms with Gasteiger partial charge in [-0.25, -0.2) is 9.78 Å². The molecule has 1 aromatic heterocycles. The SMILES string of the molecule is COc1cc(Oc2ccc3nc(C#N)sc3c2)cc(OCC(=O)O)c1O. The number of aliphatic carboxylic acids is 1. The Bertz CT molecular complexity index is 1020. The number of fused-ring (bicyclic) bond motifs is 1. The molecule has 1 heterocycles. The number of nitrogens with zero attached hydrogens (tertiary/aromatic N) is 2. The summed E-state index contributed by atoms with van der Waals surface area (Å²) in [5.41, 5.74) is 0.688. The molecule has 0 aliphatic rings. The van der Waals surface area contributed by atoms with Gasteiger partial charge in [-0.05, 0) is 12.1 Å². The zero-order valence-electron chi connectivity index (χ0n) is 13.4. The number of carbonyl (C=O) groups is 1. The van der Waals surface area contributed by atoms with Crippen LogP contribution in [-0.4, -0.2) is 34.9 Å². The molecule has 0 unspecified atom stereocenters. The fourth-order valence-corrected chi connectivity index (χ4v) is 2.97. The molecule has 3 rings (SSSR count). The molecular formula is C17H12N2O6S. The second-order valence-corrected chi connectivity index (χ2v) is 6.05. The molecule has 26 heavy (non-hydrogen) atoms. The Kier molecular flexibility index (Phi) is 4.77. The van der Waals surface area contributed by atoms with Crippen molar-refractivity contribution < 1.29 is 29.2 Å². The molecule has 0 atom stereocenters. The minimum Gasteiger partial charge on any atom is -0.502 e. The fourth-order valence-electron chi connectivity index (χ4n) is 2.17. The first kappa shape index (κ1) is 17.3. The van der Waals surface area contributed by atoms with E-state index >= 15 is 0 Å². The Hall–Kier alpha value is -3.51. The third kappa shape index (κ3) is 3.60. The summed E-state index contributed by atoms with van der Waals surface area (Å²) in [5.74, 6) is -0.746. The summed E-state index contributed by atoms with van der Waals surface area (Å²) in [5, 5.41) is 28.0. The predicted molar refractivity (Wildman–Crippen MR) is 92.2 cm³/mol. The summed E-state index contributed by atoms with van der Waals surface area (Å²) < 4.78 is 16.6. The highest BCUT2D eigenvalue weighted by atomic mass is 32.1. The highest BCUT2D eigenvalue weighted by molar-refractivity contribution is 7.19. The van der Waals surface area contributed by atoms with Crippen LogP contribution in [0, 0.1) is 11.3 Å². The molecule has 0 aliphatic heterocycles. The highest BCUT2D eigenvalue weighted by Crippen LogP contribution is 2.41. The van der Waals surface area contributed by atoms with E-state index in [4.69, 9.17) is 24.6 Å². The average molecular weight is 372 g/mol. The predicted octanol–water partition coefficient (Wildman–Crippen LogP) is 3.14. The molecule has 0 bridgehead atoms. The Balaban J connectivity index is 1.92. The number of benzene rings is 2. The van der Waals surface area contributed by atoms with E-state index in [9.17, 15) is 9.90 Å². The van der Waals surface area contributed by atoms with Gasteiger partial charge in [0.1, 0.15) is 17.6 Å². The minimum atomic E-state index is -1.18. The molecule has 8 nitrogen and oxygen atoms in total. The molecule has 132 valence electrons. The van der Waals surface area contributed by atoms with E-state index in [0.717, 1.165) is 4.70 Å². The molecule has 0 saturated heterocycles. The van der Waals surface area contributed by atoms with Gasteiger partial charge in [-0.3, -0.25) is 0 Å². The number of phenols is 1. The van der Waals surface area contributed by atoms with Crippen molar-refractivity contribution in [2.45, 2.75) is 0 Å². The molecular weight excluding hydrogens is 360 g/mol. The molecule has 0 amide bonds. The van der Waals surface area contributed by atoms with Crippen molar-refractivity contribution in [2.75, 3.05) is 13.7 Å². The van der Waals surface area contributed by atoms with Crippen LogP contribution in [0.15, 0.2) is 30.3 Å². The van der Waals surface area contributed by atoms with E-state index in [0.29, 0.717) is 16.3 Å². The number of hydrogen-bond donors (Lipinski definition) is 2. The molecule has 2 N–H and O–H groups in total. The number of aromatic hydroxyl groups is 1. The summed E-state index contributed by atoms with van der Waals surface area (Å²) >= 11 is 1.24. The highest BCUT2D eigenvalue weighted by Gasteiger charge is 2.15. The Morgan fingerprint density at radius 1 is 1.27 bits per heavy atom. The number of hydrogen-bond acceptors (Lipinski definition) is 8. The fraction of sp³-hybridized carbons (Fsp3) is 0.118. The van der Waals surface area contributed by atoms with Crippen LogP contribution in [-0.2, 0) is 4.79 Å². The van der Waals surface area contributed by atoms with Gasteiger partial charge in [-0.15, -0.1) is 11.3 Å². The van der Waals surface area contributed by atoms with E-state index < -0.39 is 12.6 Å². The normalized spacial score (nSPS) is 10.3. The number of ether oxygens (including phenoxy) is 3. The van der Waals surface area contributed by atoms with Crippen molar-refractivity contribution in [3.05, 3.63) is 35.3 Å². The lowest BCUT2D eigenvalue weighted by molar-refractivity contribution is -0.139. The van der Waals surface area contributed by atoms with Crippen LogP contribution in [0.25, 0.3) is 10.2 Å². The molecule has 2 aromatic carbocycles. The van der Waals surface area contributed by atoms with Crippen molar-refractivity contribution in [1.82, 2.24) is 4.98 Å². The van der Waals surface area contributed by atoms with Crippen LogP contribution in [0.3, 0.4) is 0 Å². The zero-order chi connectivity index (χ0) is 18.7. The Labute approximate surface area is 151 Å². The number of methoxy groups -OCH3 is 1. The topological polar surface area (TPSA) is 122 Å². The molecule has 0 fully saturated rings. The molecule has 0 radical (unpaired) electrons. The second-order valence-electron chi connectivity index (χ2n) is 5.02. The lowest BCUT2D eigenvalue weighted by atomic mass is 10.2. The van der Waals surface area contributed by atoms with Crippen LogP contribution >= 0.6 is 11.3 Å². The lowest BCUT2D eigenvalue weighted by Crippen LogP contribution is -2.09. The van der Waals surface area contributed by atoms with Crippen molar-refractivity contribution >= 4 is 27.5 Å². The first-order valence-corrected chi connectivity index (χ1v) is 8.06. The van der Waals surface area contributed by atoms with Gasteiger partial charge >= 0.3 is 5.97 Å². The lowest BCUT2D eigenvalue weighted by Gasteiger charge is -2.13. The van der Waals surface area contributed by atoms with Gasteiger partial charge in [-0.1, -0.05) is 0 Å². The molecule has 3 aromatic rings. The average Bonchev–Trinajstić information content (AvgIpc) is 3.04. The van der Waals surface area contributed by atoms with E-state index in [1.165, 1.54) is 30.6 Å². The number of carboxylic acids is 1. The van der Waals surface area contributed by atoms with Crippen molar-refractivity contribution in [2.24, 2.45) is 0 Å². The number of carboxylic acid groups (broad SMARTS) is 1. The monoisotopic (exact) mass is 372 g/mol. The van der Waals surface area contributed by atoms with Gasteiger partial charge in [0.05, 0.1) is 17.3 Å². The van der Waals surface area contributed by atoms with E-state index in [1.54, 1.807) is 18.2 Å². The van der Waals surface area contributed by atoms with Crippen LogP contribution in [0.1, 0.15) is 5.01 Å². The third-order valence-electron chi connectivity index (χ3n) is 3.28. The summed E-state index contributed by atoms with van der Waals surface area (Å²) in [6, 6.07) is 9.93. The van der Waals surface area contributed by atoms with Gasteiger partial charge in [0, 0.05) is 18.2 Å². The summed E-state index contributed by atoms with van der Waals surface area (Å²) in [6.07, 6.45) is 0. The molecule has 0 aliphatic carbocycles. The van der Waals surface area contributed by atoms with Gasteiger partial charge in [-0.2, -0.15) is 5.26 Å². The smallest absolute Gasteiger partial charge is 0.341 e. The maximum atomic E-state index is 10.7. The summed E-state index contributed by atoms with van der Waals surface area (Å²) in [4.78, 5) is 14.8. The quantitative estimate of drug-likeness (QED) is 0.677. The van der Waals surface area contributed by atoms with Gasteiger partial charge < -0.3 is 24.4 Å². The van der Waals surface area contributed by atoms with E-state index in [-0.39, 0.29) is 23.0 Å². The zero-order valence-corrected chi connectivity index (χ0v) is 14.2. The van der Waals surface area contributed by atoms with Crippen LogP contribution < -0.4 is 14.2 Å².